The molecule has 0 aromatic heterocycles. The summed E-state index contributed by atoms with van der Waals surface area (Å²) in [6.45, 7) is 10.1. The van der Waals surface area contributed by atoms with Crippen molar-refractivity contribution >= 4 is 0 Å². The predicted molar refractivity (Wildman–Crippen MR) is 55.5 cm³/mol. The molecule has 0 aromatic carbocycles. The normalized spacial score (nSPS) is 13.8. The highest BCUT2D eigenvalue weighted by molar-refractivity contribution is 4.63. The van der Waals surface area contributed by atoms with Gasteiger partial charge in [0.15, 0.2) is 0 Å². The van der Waals surface area contributed by atoms with E-state index in [4.69, 9.17) is 0 Å². The highest BCUT2D eigenvalue weighted by atomic mass is 15.1. The number of nitrogens with zero attached hydrogens (tertiary/aromatic N) is 1. The molecule has 0 rings (SSSR count). The summed E-state index contributed by atoms with van der Waals surface area (Å²) >= 11 is 0. The molecular formula is C10H24N2. The summed E-state index contributed by atoms with van der Waals surface area (Å²) in [6, 6.07) is 0.622. The molecule has 0 radical (unpaired) electrons. The molecule has 0 saturated heterocycles. The van der Waals surface area contributed by atoms with Crippen molar-refractivity contribution < 1.29 is 0 Å². The van der Waals surface area contributed by atoms with Crippen LogP contribution in [-0.2, 0) is 0 Å². The first-order valence-corrected chi connectivity index (χ1v) is 5.12. The van der Waals surface area contributed by atoms with Crippen LogP contribution in [0.4, 0.5) is 0 Å². The fraction of sp³-hybridized carbons (Fsp3) is 1.00. The van der Waals surface area contributed by atoms with Crippen LogP contribution in [0.2, 0.25) is 0 Å². The van der Waals surface area contributed by atoms with E-state index in [1.165, 1.54) is 19.4 Å². The molecule has 2 nitrogen and oxygen atoms in total. The molecule has 12 heavy (non-hydrogen) atoms. The van der Waals surface area contributed by atoms with Crippen molar-refractivity contribution in [2.75, 3.05) is 26.7 Å². The predicted octanol–water partition coefficient (Wildman–Crippen LogP) is 1.72. The fourth-order valence-electron chi connectivity index (χ4n) is 1.40. The van der Waals surface area contributed by atoms with Crippen LogP contribution in [0.15, 0.2) is 0 Å². The summed E-state index contributed by atoms with van der Waals surface area (Å²) in [4.78, 5) is 2.40. The third-order valence-corrected chi connectivity index (χ3v) is 2.03. The molecular weight excluding hydrogens is 148 g/mol. The molecule has 0 heterocycles. The Bertz CT molecular complexity index is 93.8. The van der Waals surface area contributed by atoms with Crippen molar-refractivity contribution in [1.82, 2.24) is 10.2 Å². The van der Waals surface area contributed by atoms with Crippen molar-refractivity contribution in [3.05, 3.63) is 0 Å². The third-order valence-electron chi connectivity index (χ3n) is 2.03. The molecule has 74 valence electrons. The molecule has 0 aliphatic rings. The molecule has 0 bridgehead atoms. The monoisotopic (exact) mass is 172 g/mol. The van der Waals surface area contributed by atoms with E-state index in [0.717, 1.165) is 13.1 Å². The Hall–Kier alpha value is -0.0800. The molecule has 0 amide bonds. The Kier molecular flexibility index (Phi) is 7.51. The molecule has 0 aliphatic carbocycles. The first-order valence-electron chi connectivity index (χ1n) is 5.12. The highest BCUT2D eigenvalue weighted by Crippen LogP contribution is 1.93. The zero-order chi connectivity index (χ0) is 9.40. The van der Waals surface area contributed by atoms with Crippen LogP contribution in [-0.4, -0.2) is 37.6 Å². The van der Waals surface area contributed by atoms with E-state index < -0.39 is 0 Å². The number of hydrogen-bond acceptors (Lipinski definition) is 2. The smallest absolute Gasteiger partial charge is 0.0166 e. The molecule has 0 aromatic rings. The maximum absolute atomic E-state index is 3.41. The first-order chi connectivity index (χ1) is 5.70. The Balaban J connectivity index is 3.33. The van der Waals surface area contributed by atoms with Gasteiger partial charge in [-0.15, -0.1) is 0 Å². The lowest BCUT2D eigenvalue weighted by Gasteiger charge is -2.21. The minimum Gasteiger partial charge on any atom is -0.313 e. The minimum absolute atomic E-state index is 0.622. The average molecular weight is 172 g/mol. The van der Waals surface area contributed by atoms with Gasteiger partial charge in [-0.2, -0.15) is 0 Å². The molecule has 1 N–H and O–H groups in total. The lowest BCUT2D eigenvalue weighted by molar-refractivity contribution is 0.294. The van der Waals surface area contributed by atoms with Gasteiger partial charge >= 0.3 is 0 Å². The molecule has 0 aliphatic heterocycles. The van der Waals surface area contributed by atoms with Crippen LogP contribution >= 0.6 is 0 Å². The molecule has 0 spiro atoms. The minimum atomic E-state index is 0.622. The van der Waals surface area contributed by atoms with Gasteiger partial charge < -0.3 is 10.2 Å². The van der Waals surface area contributed by atoms with Crippen LogP contribution in [0.5, 0.6) is 0 Å². The topological polar surface area (TPSA) is 15.3 Å². The summed E-state index contributed by atoms with van der Waals surface area (Å²) in [5.74, 6) is 0. The maximum atomic E-state index is 3.41. The number of nitrogens with one attached hydrogen (secondary N) is 1. The summed E-state index contributed by atoms with van der Waals surface area (Å²) in [7, 11) is 2.20. The van der Waals surface area contributed by atoms with Gasteiger partial charge in [-0.05, 0) is 33.5 Å². The number of rotatable bonds is 7. The molecule has 0 saturated carbocycles. The van der Waals surface area contributed by atoms with Crippen LogP contribution in [0.1, 0.15) is 33.6 Å². The van der Waals surface area contributed by atoms with E-state index in [2.05, 4.69) is 38.0 Å². The van der Waals surface area contributed by atoms with Gasteiger partial charge in [0.2, 0.25) is 0 Å². The molecule has 1 unspecified atom stereocenters. The van der Waals surface area contributed by atoms with Gasteiger partial charge in [-0.3, -0.25) is 0 Å². The van der Waals surface area contributed by atoms with Crippen molar-refractivity contribution in [3.8, 4) is 0 Å². The Morgan fingerprint density at radius 3 is 2.50 bits per heavy atom. The summed E-state index contributed by atoms with van der Waals surface area (Å²) in [6.07, 6.45) is 2.61. The lowest BCUT2D eigenvalue weighted by Crippen LogP contribution is -2.37. The van der Waals surface area contributed by atoms with E-state index >= 15 is 0 Å². The Morgan fingerprint density at radius 1 is 1.33 bits per heavy atom. The van der Waals surface area contributed by atoms with Gasteiger partial charge in [0.25, 0.3) is 0 Å². The first kappa shape index (κ1) is 11.9. The Labute approximate surface area is 77.3 Å². The van der Waals surface area contributed by atoms with Crippen molar-refractivity contribution in [3.63, 3.8) is 0 Å². The molecule has 2 heteroatoms. The second-order valence-corrected chi connectivity index (χ2v) is 3.57. The Morgan fingerprint density at radius 2 is 2.00 bits per heavy atom. The average Bonchev–Trinajstić information content (AvgIpc) is 2.01. The number of likely N-dealkylation sites (N-methyl/N-ethyl adjacent to an activating group) is 2. The van der Waals surface area contributed by atoms with Gasteiger partial charge in [-0.1, -0.05) is 20.3 Å². The number of hydrogen-bond donors (Lipinski definition) is 1. The van der Waals surface area contributed by atoms with Crippen LogP contribution < -0.4 is 5.32 Å². The summed E-state index contributed by atoms with van der Waals surface area (Å²) < 4.78 is 0. The zero-order valence-corrected chi connectivity index (χ0v) is 9.06. The van der Waals surface area contributed by atoms with Crippen molar-refractivity contribution in [2.24, 2.45) is 0 Å². The summed E-state index contributed by atoms with van der Waals surface area (Å²) in [5, 5.41) is 3.41. The van der Waals surface area contributed by atoms with Crippen LogP contribution in [0.25, 0.3) is 0 Å². The van der Waals surface area contributed by atoms with Crippen molar-refractivity contribution in [2.45, 2.75) is 39.7 Å². The van der Waals surface area contributed by atoms with Gasteiger partial charge in [-0.25, -0.2) is 0 Å². The van der Waals surface area contributed by atoms with Gasteiger partial charge in [0.05, 0.1) is 0 Å². The van der Waals surface area contributed by atoms with Crippen LogP contribution in [0, 0.1) is 0 Å². The SMILES string of the molecule is CCCCN(C)CC(C)NCC. The zero-order valence-electron chi connectivity index (χ0n) is 9.06. The van der Waals surface area contributed by atoms with E-state index in [-0.39, 0.29) is 0 Å². The van der Waals surface area contributed by atoms with Crippen molar-refractivity contribution in [1.29, 1.82) is 0 Å². The lowest BCUT2D eigenvalue weighted by atomic mass is 10.3. The van der Waals surface area contributed by atoms with Gasteiger partial charge in [0.1, 0.15) is 0 Å². The van der Waals surface area contributed by atoms with Crippen LogP contribution in [0.3, 0.4) is 0 Å². The van der Waals surface area contributed by atoms with E-state index in [1.54, 1.807) is 0 Å². The fourth-order valence-corrected chi connectivity index (χ4v) is 1.40. The maximum Gasteiger partial charge on any atom is 0.0166 e. The van der Waals surface area contributed by atoms with Gasteiger partial charge in [0, 0.05) is 12.6 Å². The van der Waals surface area contributed by atoms with E-state index in [9.17, 15) is 0 Å². The second kappa shape index (κ2) is 7.56. The summed E-state index contributed by atoms with van der Waals surface area (Å²) in [5.41, 5.74) is 0. The second-order valence-electron chi connectivity index (χ2n) is 3.57. The standard InChI is InChI=1S/C10H24N2/c1-5-7-8-12(4)9-10(3)11-6-2/h10-11H,5-9H2,1-4H3. The highest BCUT2D eigenvalue weighted by Gasteiger charge is 2.03. The molecule has 1 atom stereocenters. The third kappa shape index (κ3) is 6.62. The van der Waals surface area contributed by atoms with E-state index in [1.807, 2.05) is 0 Å². The quantitative estimate of drug-likeness (QED) is 0.629. The van der Waals surface area contributed by atoms with E-state index in [0.29, 0.717) is 6.04 Å². The largest absolute Gasteiger partial charge is 0.313 e. The number of unbranched alkanes of at least 4 members (excludes halogenated alkanes) is 1. The molecule has 0 fully saturated rings.